The van der Waals surface area contributed by atoms with Crippen LogP contribution in [0.3, 0.4) is 0 Å². The van der Waals surface area contributed by atoms with Crippen LogP contribution in [0.15, 0.2) is 0 Å². The Morgan fingerprint density at radius 3 is 1.40 bits per heavy atom. The fourth-order valence-electron chi connectivity index (χ4n) is 4.27. The van der Waals surface area contributed by atoms with Gasteiger partial charge in [-0.1, -0.05) is 84.5 Å². The van der Waals surface area contributed by atoms with Gasteiger partial charge in [0.2, 0.25) is 0 Å². The van der Waals surface area contributed by atoms with Gasteiger partial charge in [-0.15, -0.1) is 0 Å². The van der Waals surface area contributed by atoms with Crippen LogP contribution in [-0.2, 0) is 0 Å². The van der Waals surface area contributed by atoms with Crippen LogP contribution in [0.5, 0.6) is 0 Å². The Labute approximate surface area is 159 Å². The summed E-state index contributed by atoms with van der Waals surface area (Å²) in [6, 6.07) is 1.58. The Hall–Kier alpha value is -0.0800. The molecule has 150 valence electrons. The predicted molar refractivity (Wildman–Crippen MR) is 113 cm³/mol. The molecule has 1 heterocycles. The molecule has 1 rings (SSSR count). The van der Waals surface area contributed by atoms with Gasteiger partial charge in [0.25, 0.3) is 0 Å². The molecule has 0 N–H and O–H groups in total. The Morgan fingerprint density at radius 2 is 0.960 bits per heavy atom. The fourth-order valence-corrected chi connectivity index (χ4v) is 4.27. The van der Waals surface area contributed by atoms with Crippen LogP contribution in [0.2, 0.25) is 0 Å². The van der Waals surface area contributed by atoms with Crippen molar-refractivity contribution in [2.24, 2.45) is 0 Å². The van der Waals surface area contributed by atoms with Crippen molar-refractivity contribution >= 4 is 0 Å². The minimum absolute atomic E-state index is 0.716. The monoisotopic (exact) mass is 352 g/mol. The Balaban J connectivity index is 2.31. The molecule has 2 heteroatoms. The van der Waals surface area contributed by atoms with Gasteiger partial charge in [-0.3, -0.25) is 9.80 Å². The van der Waals surface area contributed by atoms with Crippen molar-refractivity contribution in [1.29, 1.82) is 0 Å². The lowest BCUT2D eigenvalue weighted by Crippen LogP contribution is -2.52. The van der Waals surface area contributed by atoms with Crippen LogP contribution in [-0.4, -0.2) is 48.1 Å². The Kier molecular flexibility index (Phi) is 13.8. The van der Waals surface area contributed by atoms with Gasteiger partial charge in [0.15, 0.2) is 0 Å². The van der Waals surface area contributed by atoms with Crippen molar-refractivity contribution in [3.05, 3.63) is 0 Å². The molecule has 0 aliphatic carbocycles. The predicted octanol–water partition coefficient (Wildman–Crippen LogP) is 6.49. The Morgan fingerprint density at radius 1 is 0.560 bits per heavy atom. The summed E-state index contributed by atoms with van der Waals surface area (Å²) < 4.78 is 0. The lowest BCUT2D eigenvalue weighted by Gasteiger charge is -2.41. The third kappa shape index (κ3) is 10.6. The molecule has 0 saturated carbocycles. The molecule has 0 amide bonds. The van der Waals surface area contributed by atoms with Crippen molar-refractivity contribution in [3.63, 3.8) is 0 Å². The van der Waals surface area contributed by atoms with Crippen LogP contribution >= 0.6 is 0 Å². The molecule has 25 heavy (non-hydrogen) atoms. The molecule has 0 aromatic heterocycles. The van der Waals surface area contributed by atoms with E-state index in [4.69, 9.17) is 0 Å². The van der Waals surface area contributed by atoms with Gasteiger partial charge in [-0.2, -0.15) is 0 Å². The van der Waals surface area contributed by atoms with Gasteiger partial charge in [0.1, 0.15) is 0 Å². The molecule has 1 saturated heterocycles. The van der Waals surface area contributed by atoms with Gasteiger partial charge >= 0.3 is 0 Å². The second-order valence-electron chi connectivity index (χ2n) is 8.58. The average Bonchev–Trinajstić information content (AvgIpc) is 2.62. The van der Waals surface area contributed by atoms with E-state index in [1.807, 2.05) is 0 Å². The quantitative estimate of drug-likeness (QED) is 0.311. The number of rotatable bonds is 15. The van der Waals surface area contributed by atoms with Crippen molar-refractivity contribution < 1.29 is 0 Å². The van der Waals surface area contributed by atoms with E-state index in [0.717, 1.165) is 6.04 Å². The van der Waals surface area contributed by atoms with E-state index in [-0.39, 0.29) is 0 Å². The van der Waals surface area contributed by atoms with E-state index in [9.17, 15) is 0 Å². The highest BCUT2D eigenvalue weighted by atomic mass is 15.3. The van der Waals surface area contributed by atoms with Gasteiger partial charge in [0.05, 0.1) is 0 Å². The maximum absolute atomic E-state index is 2.84. The van der Waals surface area contributed by atoms with Crippen molar-refractivity contribution in [2.45, 2.75) is 123 Å². The molecule has 1 atom stereocenters. The lowest BCUT2D eigenvalue weighted by molar-refractivity contribution is 0.0698. The van der Waals surface area contributed by atoms with Gasteiger partial charge in [0, 0.05) is 38.3 Å². The standard InChI is InChI=1S/C23H48N2/c1-5-7-9-11-13-15-17-23(16-14-12-10-8-6-2)25-20-18-24(19-21-25)22(3)4/h22-23H,5-21H2,1-4H3. The maximum Gasteiger partial charge on any atom is 0.0113 e. The van der Waals surface area contributed by atoms with E-state index >= 15 is 0 Å². The van der Waals surface area contributed by atoms with Crippen LogP contribution in [0, 0.1) is 0 Å². The first-order chi connectivity index (χ1) is 12.2. The van der Waals surface area contributed by atoms with E-state index in [1.165, 1.54) is 110 Å². The molecule has 2 nitrogen and oxygen atoms in total. The van der Waals surface area contributed by atoms with Crippen LogP contribution in [0.25, 0.3) is 0 Å². The first-order valence-corrected chi connectivity index (χ1v) is 11.7. The first-order valence-electron chi connectivity index (χ1n) is 11.7. The summed E-state index contributed by atoms with van der Waals surface area (Å²) in [6.45, 7) is 14.5. The summed E-state index contributed by atoms with van der Waals surface area (Å²) in [6.07, 6.45) is 18.6. The molecule has 0 bridgehead atoms. The van der Waals surface area contributed by atoms with Gasteiger partial charge < -0.3 is 0 Å². The summed E-state index contributed by atoms with van der Waals surface area (Å²) in [5.41, 5.74) is 0. The molecule has 1 fully saturated rings. The minimum Gasteiger partial charge on any atom is -0.298 e. The highest BCUT2D eigenvalue weighted by molar-refractivity contribution is 4.80. The van der Waals surface area contributed by atoms with E-state index in [2.05, 4.69) is 37.5 Å². The largest absolute Gasteiger partial charge is 0.298 e. The molecule has 1 unspecified atom stereocenters. The summed E-state index contributed by atoms with van der Waals surface area (Å²) in [4.78, 5) is 5.49. The van der Waals surface area contributed by atoms with Crippen LogP contribution in [0.1, 0.15) is 111 Å². The highest BCUT2D eigenvalue weighted by Gasteiger charge is 2.24. The zero-order valence-electron chi connectivity index (χ0n) is 18.1. The molecule has 0 spiro atoms. The molecule has 0 radical (unpaired) electrons. The summed E-state index contributed by atoms with van der Waals surface area (Å²) >= 11 is 0. The lowest BCUT2D eigenvalue weighted by atomic mass is 9.98. The zero-order chi connectivity index (χ0) is 18.3. The summed E-state index contributed by atoms with van der Waals surface area (Å²) in [5, 5.41) is 0. The molecule has 1 aliphatic rings. The number of piperazine rings is 1. The number of nitrogens with zero attached hydrogens (tertiary/aromatic N) is 2. The summed E-state index contributed by atoms with van der Waals surface area (Å²) in [5.74, 6) is 0. The molecular weight excluding hydrogens is 304 g/mol. The molecule has 0 aromatic rings. The molecule has 1 aliphatic heterocycles. The Bertz CT molecular complexity index is 282. The van der Waals surface area contributed by atoms with Gasteiger partial charge in [-0.05, 0) is 26.7 Å². The van der Waals surface area contributed by atoms with Crippen molar-refractivity contribution in [2.75, 3.05) is 26.2 Å². The highest BCUT2D eigenvalue weighted by Crippen LogP contribution is 2.20. The van der Waals surface area contributed by atoms with Gasteiger partial charge in [-0.25, -0.2) is 0 Å². The zero-order valence-corrected chi connectivity index (χ0v) is 18.1. The van der Waals surface area contributed by atoms with Crippen molar-refractivity contribution in [3.8, 4) is 0 Å². The summed E-state index contributed by atoms with van der Waals surface area (Å²) in [7, 11) is 0. The minimum atomic E-state index is 0.716. The van der Waals surface area contributed by atoms with E-state index in [0.29, 0.717) is 6.04 Å². The third-order valence-electron chi connectivity index (χ3n) is 6.13. The second-order valence-corrected chi connectivity index (χ2v) is 8.58. The first kappa shape index (κ1) is 23.0. The van der Waals surface area contributed by atoms with E-state index < -0.39 is 0 Å². The fraction of sp³-hybridized carbons (Fsp3) is 1.00. The van der Waals surface area contributed by atoms with Crippen molar-refractivity contribution in [1.82, 2.24) is 9.80 Å². The number of hydrogen-bond donors (Lipinski definition) is 0. The average molecular weight is 353 g/mol. The molecular formula is C23H48N2. The number of hydrogen-bond acceptors (Lipinski definition) is 2. The smallest absolute Gasteiger partial charge is 0.0113 e. The number of unbranched alkanes of at least 4 members (excludes halogenated alkanes) is 9. The topological polar surface area (TPSA) is 6.48 Å². The van der Waals surface area contributed by atoms with Crippen LogP contribution in [0.4, 0.5) is 0 Å². The normalized spacial score (nSPS) is 18.1. The molecule has 0 aromatic carbocycles. The third-order valence-corrected chi connectivity index (χ3v) is 6.13. The van der Waals surface area contributed by atoms with E-state index in [1.54, 1.807) is 0 Å². The second kappa shape index (κ2) is 15.0. The maximum atomic E-state index is 2.84. The van der Waals surface area contributed by atoms with Crippen LogP contribution < -0.4 is 0 Å². The SMILES string of the molecule is CCCCCCCCC(CCCCCCC)N1CCN(C(C)C)CC1.